The predicted molar refractivity (Wildman–Crippen MR) is 90.3 cm³/mol. The van der Waals surface area contributed by atoms with Crippen LogP contribution in [0.5, 0.6) is 0 Å². The number of rotatable bonds is 5. The molecule has 2 aromatic rings. The highest BCUT2D eigenvalue weighted by Gasteiger charge is 2.14. The number of nitriles is 1. The van der Waals surface area contributed by atoms with Crippen molar-refractivity contribution in [1.29, 1.82) is 5.26 Å². The molecule has 1 N–H and O–H groups in total. The third kappa shape index (κ3) is 4.11. The quantitative estimate of drug-likeness (QED) is 0.898. The van der Waals surface area contributed by atoms with Crippen LogP contribution in [0.15, 0.2) is 36.4 Å². The van der Waals surface area contributed by atoms with E-state index >= 15 is 0 Å². The number of aromatic nitrogens is 1. The van der Waals surface area contributed by atoms with Crippen molar-refractivity contribution in [2.75, 3.05) is 26.0 Å². The molecule has 1 aromatic heterocycles. The highest BCUT2D eigenvalue weighted by molar-refractivity contribution is 6.31. The van der Waals surface area contributed by atoms with Crippen molar-refractivity contribution in [3.05, 3.63) is 57.7 Å². The first-order valence-electron chi connectivity index (χ1n) is 6.73. The highest BCUT2D eigenvalue weighted by Crippen LogP contribution is 2.22. The minimum atomic E-state index is 0.153. The summed E-state index contributed by atoms with van der Waals surface area (Å²) in [4.78, 5) is 6.29. The Morgan fingerprint density at radius 2 is 1.86 bits per heavy atom. The van der Waals surface area contributed by atoms with Gasteiger partial charge in [0.2, 0.25) is 0 Å². The van der Waals surface area contributed by atoms with Gasteiger partial charge >= 0.3 is 0 Å². The average Bonchev–Trinajstić information content (AvgIpc) is 2.50. The maximum atomic E-state index is 8.97. The Bertz CT molecular complexity index is 678. The van der Waals surface area contributed by atoms with Gasteiger partial charge in [0, 0.05) is 11.6 Å². The SMILES string of the molecule is CN(C)C(CNc1ccc(Cl)c(C#N)n1)c1ccc(Cl)cc1. The second-order valence-corrected chi connectivity index (χ2v) is 5.89. The molecule has 1 atom stereocenters. The van der Waals surface area contributed by atoms with E-state index in [1.54, 1.807) is 12.1 Å². The van der Waals surface area contributed by atoms with E-state index in [4.69, 9.17) is 28.5 Å². The summed E-state index contributed by atoms with van der Waals surface area (Å²) in [7, 11) is 4.02. The van der Waals surface area contributed by atoms with Gasteiger partial charge in [-0.25, -0.2) is 4.98 Å². The first-order valence-corrected chi connectivity index (χ1v) is 7.49. The Balaban J connectivity index is 2.13. The minimum absolute atomic E-state index is 0.153. The zero-order valence-electron chi connectivity index (χ0n) is 12.3. The van der Waals surface area contributed by atoms with Crippen LogP contribution in [0.25, 0.3) is 0 Å². The second kappa shape index (κ2) is 7.46. The summed E-state index contributed by atoms with van der Waals surface area (Å²) < 4.78 is 0. The van der Waals surface area contributed by atoms with E-state index in [0.29, 0.717) is 22.4 Å². The average molecular weight is 335 g/mol. The van der Waals surface area contributed by atoms with Crippen LogP contribution >= 0.6 is 23.2 Å². The van der Waals surface area contributed by atoms with E-state index in [1.165, 1.54) is 0 Å². The van der Waals surface area contributed by atoms with Gasteiger partial charge in [-0.3, -0.25) is 0 Å². The number of pyridine rings is 1. The normalized spacial score (nSPS) is 12.0. The molecule has 0 spiro atoms. The molecule has 0 saturated carbocycles. The van der Waals surface area contributed by atoms with Crippen LogP contribution in [-0.4, -0.2) is 30.5 Å². The van der Waals surface area contributed by atoms with Crippen LogP contribution in [0.2, 0.25) is 10.0 Å². The Morgan fingerprint density at radius 3 is 2.45 bits per heavy atom. The molecule has 0 saturated heterocycles. The summed E-state index contributed by atoms with van der Waals surface area (Å²) >= 11 is 11.8. The molecule has 1 heterocycles. The molecule has 114 valence electrons. The molecular weight excluding hydrogens is 319 g/mol. The summed E-state index contributed by atoms with van der Waals surface area (Å²) in [5.74, 6) is 0.627. The van der Waals surface area contributed by atoms with E-state index in [9.17, 15) is 0 Å². The molecule has 6 heteroatoms. The molecule has 0 aliphatic rings. The lowest BCUT2D eigenvalue weighted by Crippen LogP contribution is -2.27. The zero-order chi connectivity index (χ0) is 16.1. The fourth-order valence-corrected chi connectivity index (χ4v) is 2.38. The van der Waals surface area contributed by atoms with Gasteiger partial charge in [-0.05, 0) is 43.9 Å². The van der Waals surface area contributed by atoms with Gasteiger partial charge in [-0.15, -0.1) is 0 Å². The standard InChI is InChI=1S/C16H16Cl2N4/c1-22(2)15(11-3-5-12(17)6-4-11)10-20-16-8-7-13(18)14(9-19)21-16/h3-8,15H,10H2,1-2H3,(H,20,21). The van der Waals surface area contributed by atoms with Gasteiger partial charge in [0.1, 0.15) is 11.9 Å². The van der Waals surface area contributed by atoms with Crippen LogP contribution in [0.3, 0.4) is 0 Å². The van der Waals surface area contributed by atoms with Crippen LogP contribution in [-0.2, 0) is 0 Å². The van der Waals surface area contributed by atoms with Gasteiger partial charge in [0.05, 0.1) is 11.1 Å². The second-order valence-electron chi connectivity index (χ2n) is 5.05. The Labute approximate surface area is 140 Å². The van der Waals surface area contributed by atoms with Gasteiger partial charge in [-0.1, -0.05) is 35.3 Å². The van der Waals surface area contributed by atoms with E-state index in [2.05, 4.69) is 15.2 Å². The molecule has 0 radical (unpaired) electrons. The van der Waals surface area contributed by atoms with Crippen molar-refractivity contribution < 1.29 is 0 Å². The predicted octanol–water partition coefficient (Wildman–Crippen LogP) is 3.97. The van der Waals surface area contributed by atoms with Crippen molar-refractivity contribution in [2.45, 2.75) is 6.04 Å². The lowest BCUT2D eigenvalue weighted by Gasteiger charge is -2.25. The van der Waals surface area contributed by atoms with Crippen LogP contribution in [0, 0.1) is 11.3 Å². The fourth-order valence-electron chi connectivity index (χ4n) is 2.10. The summed E-state index contributed by atoms with van der Waals surface area (Å²) in [6.07, 6.45) is 0. The number of nitrogens with zero attached hydrogens (tertiary/aromatic N) is 3. The number of hydrogen-bond acceptors (Lipinski definition) is 4. The Hall–Kier alpha value is -1.80. The van der Waals surface area contributed by atoms with E-state index in [0.717, 1.165) is 5.56 Å². The maximum absolute atomic E-state index is 8.97. The fraction of sp³-hybridized carbons (Fsp3) is 0.250. The van der Waals surface area contributed by atoms with Crippen LogP contribution in [0.1, 0.15) is 17.3 Å². The largest absolute Gasteiger partial charge is 0.368 e. The summed E-state index contributed by atoms with van der Waals surface area (Å²) in [6, 6.07) is 13.3. The van der Waals surface area contributed by atoms with E-state index in [-0.39, 0.29) is 11.7 Å². The molecule has 0 aliphatic heterocycles. The van der Waals surface area contributed by atoms with Crippen LogP contribution in [0.4, 0.5) is 5.82 Å². The number of likely N-dealkylation sites (N-methyl/N-ethyl adjacent to an activating group) is 1. The van der Waals surface area contributed by atoms with Gasteiger partial charge in [0.25, 0.3) is 0 Å². The number of anilines is 1. The van der Waals surface area contributed by atoms with E-state index in [1.807, 2.05) is 44.4 Å². The van der Waals surface area contributed by atoms with Crippen molar-refractivity contribution in [1.82, 2.24) is 9.88 Å². The lowest BCUT2D eigenvalue weighted by atomic mass is 10.1. The van der Waals surface area contributed by atoms with Gasteiger partial charge in [0.15, 0.2) is 5.69 Å². The molecule has 2 rings (SSSR count). The molecule has 22 heavy (non-hydrogen) atoms. The van der Waals surface area contributed by atoms with Crippen molar-refractivity contribution in [3.63, 3.8) is 0 Å². The summed E-state index contributed by atoms with van der Waals surface area (Å²) in [6.45, 7) is 0.647. The topological polar surface area (TPSA) is 52.0 Å². The molecule has 0 aliphatic carbocycles. The first-order chi connectivity index (χ1) is 10.5. The van der Waals surface area contributed by atoms with Gasteiger partial charge < -0.3 is 10.2 Å². The monoisotopic (exact) mass is 334 g/mol. The number of hydrogen-bond donors (Lipinski definition) is 1. The number of benzene rings is 1. The molecular formula is C16H16Cl2N4. The van der Waals surface area contributed by atoms with E-state index < -0.39 is 0 Å². The smallest absolute Gasteiger partial charge is 0.161 e. The molecule has 4 nitrogen and oxygen atoms in total. The molecule has 1 unspecified atom stereocenters. The zero-order valence-corrected chi connectivity index (χ0v) is 13.9. The lowest BCUT2D eigenvalue weighted by molar-refractivity contribution is 0.311. The summed E-state index contributed by atoms with van der Waals surface area (Å²) in [5.41, 5.74) is 1.37. The molecule has 0 fully saturated rings. The third-order valence-corrected chi connectivity index (χ3v) is 3.86. The minimum Gasteiger partial charge on any atom is -0.368 e. The van der Waals surface area contributed by atoms with Crippen molar-refractivity contribution in [3.8, 4) is 6.07 Å². The molecule has 1 aromatic carbocycles. The Morgan fingerprint density at radius 1 is 1.18 bits per heavy atom. The number of halogens is 2. The van der Waals surface area contributed by atoms with Crippen molar-refractivity contribution >= 4 is 29.0 Å². The van der Waals surface area contributed by atoms with Crippen molar-refractivity contribution in [2.24, 2.45) is 0 Å². The molecule has 0 amide bonds. The first kappa shape index (κ1) is 16.6. The summed E-state index contributed by atoms with van der Waals surface area (Å²) in [5, 5.41) is 13.3. The highest BCUT2D eigenvalue weighted by atomic mass is 35.5. The maximum Gasteiger partial charge on any atom is 0.161 e. The van der Waals surface area contributed by atoms with Crippen LogP contribution < -0.4 is 5.32 Å². The van der Waals surface area contributed by atoms with Gasteiger partial charge in [-0.2, -0.15) is 5.26 Å². The number of nitrogens with one attached hydrogen (secondary N) is 1. The molecule has 0 bridgehead atoms. The third-order valence-electron chi connectivity index (χ3n) is 3.31. The Kier molecular flexibility index (Phi) is 5.62.